The van der Waals surface area contributed by atoms with E-state index < -0.39 is 6.10 Å². The monoisotopic (exact) mass is 349 g/mol. The summed E-state index contributed by atoms with van der Waals surface area (Å²) in [6, 6.07) is 15.7. The van der Waals surface area contributed by atoms with Crippen molar-refractivity contribution in [2.45, 2.75) is 19.6 Å². The maximum atomic E-state index is 10.1. The van der Waals surface area contributed by atoms with E-state index in [4.69, 9.17) is 4.74 Å². The summed E-state index contributed by atoms with van der Waals surface area (Å²) in [5.74, 6) is 0.852. The molecule has 2 N–H and O–H groups in total. The van der Waals surface area contributed by atoms with Crippen LogP contribution in [0.4, 0.5) is 0 Å². The molecule has 0 radical (unpaired) electrons. The maximum Gasteiger partial charge on any atom is 0.133 e. The summed E-state index contributed by atoms with van der Waals surface area (Å²) in [5, 5.41) is 13.3. The van der Waals surface area contributed by atoms with Crippen LogP contribution in [0.3, 0.4) is 0 Å². The van der Waals surface area contributed by atoms with Gasteiger partial charge in [0, 0.05) is 13.1 Å². The smallest absolute Gasteiger partial charge is 0.133 e. The first-order valence-electron chi connectivity index (χ1n) is 7.05. The minimum atomic E-state index is -0.489. The van der Waals surface area contributed by atoms with Gasteiger partial charge in [0.2, 0.25) is 0 Å². The second-order valence-electron chi connectivity index (χ2n) is 4.76. The van der Waals surface area contributed by atoms with Crippen molar-refractivity contribution in [2.75, 3.05) is 13.2 Å². The van der Waals surface area contributed by atoms with Crippen LogP contribution in [-0.2, 0) is 6.54 Å². The third-order valence-electron chi connectivity index (χ3n) is 3.15. The van der Waals surface area contributed by atoms with Crippen LogP contribution in [0, 0.1) is 0 Å². The Labute approximate surface area is 134 Å². The minimum Gasteiger partial charge on any atom is -0.493 e. The molecule has 0 saturated heterocycles. The van der Waals surface area contributed by atoms with E-state index in [1.165, 1.54) is 0 Å². The molecule has 0 heterocycles. The van der Waals surface area contributed by atoms with Crippen LogP contribution < -0.4 is 10.1 Å². The van der Waals surface area contributed by atoms with Gasteiger partial charge in [0.25, 0.3) is 0 Å². The van der Waals surface area contributed by atoms with E-state index in [2.05, 4.69) is 21.2 Å². The van der Waals surface area contributed by atoms with Crippen molar-refractivity contribution < 1.29 is 9.84 Å². The van der Waals surface area contributed by atoms with Crippen molar-refractivity contribution >= 4 is 15.9 Å². The fraction of sp³-hybridized carbons (Fsp3) is 0.294. The van der Waals surface area contributed by atoms with Crippen molar-refractivity contribution in [2.24, 2.45) is 0 Å². The lowest BCUT2D eigenvalue weighted by Crippen LogP contribution is -2.21. The minimum absolute atomic E-state index is 0.489. The Morgan fingerprint density at radius 2 is 1.95 bits per heavy atom. The Morgan fingerprint density at radius 1 is 1.19 bits per heavy atom. The Morgan fingerprint density at radius 3 is 2.62 bits per heavy atom. The number of benzene rings is 2. The third kappa shape index (κ3) is 4.84. The highest BCUT2D eigenvalue weighted by atomic mass is 79.9. The van der Waals surface area contributed by atoms with E-state index in [1.54, 1.807) is 0 Å². The number of aliphatic hydroxyl groups is 1. The molecule has 0 bridgehead atoms. The molecule has 0 aliphatic rings. The molecule has 21 heavy (non-hydrogen) atoms. The molecule has 1 atom stereocenters. The number of ether oxygens (including phenoxy) is 1. The summed E-state index contributed by atoms with van der Waals surface area (Å²) in [5.41, 5.74) is 2.07. The second-order valence-corrected chi connectivity index (χ2v) is 5.61. The van der Waals surface area contributed by atoms with Gasteiger partial charge in [-0.05, 0) is 46.1 Å². The van der Waals surface area contributed by atoms with Crippen LogP contribution in [0.25, 0.3) is 0 Å². The first-order valence-corrected chi connectivity index (χ1v) is 7.85. The largest absolute Gasteiger partial charge is 0.493 e. The fourth-order valence-corrected chi connectivity index (χ4v) is 2.61. The average molecular weight is 350 g/mol. The zero-order valence-corrected chi connectivity index (χ0v) is 13.6. The van der Waals surface area contributed by atoms with Gasteiger partial charge in [0.1, 0.15) is 5.75 Å². The van der Waals surface area contributed by atoms with Gasteiger partial charge < -0.3 is 15.2 Å². The molecule has 4 heteroatoms. The summed E-state index contributed by atoms with van der Waals surface area (Å²) >= 11 is 3.50. The SMILES string of the molecule is CCOc1ccc(CNC[C@@H](O)c2ccccc2)cc1Br. The normalized spacial score (nSPS) is 12.1. The molecule has 0 aliphatic heterocycles. The molecule has 0 unspecified atom stereocenters. The molecule has 112 valence electrons. The van der Waals surface area contributed by atoms with Crippen LogP contribution in [0.5, 0.6) is 5.75 Å². The van der Waals surface area contributed by atoms with Crippen molar-refractivity contribution in [1.29, 1.82) is 0 Å². The van der Waals surface area contributed by atoms with Gasteiger partial charge in [0.05, 0.1) is 17.2 Å². The second kappa shape index (κ2) is 8.17. The molecule has 0 saturated carbocycles. The third-order valence-corrected chi connectivity index (χ3v) is 3.77. The van der Waals surface area contributed by atoms with Crippen LogP contribution >= 0.6 is 15.9 Å². The number of halogens is 1. The molecule has 0 aromatic heterocycles. The molecule has 2 aromatic carbocycles. The summed E-state index contributed by atoms with van der Waals surface area (Å²) in [4.78, 5) is 0. The molecule has 0 fully saturated rings. The van der Waals surface area contributed by atoms with Gasteiger partial charge in [-0.25, -0.2) is 0 Å². The van der Waals surface area contributed by atoms with Crippen molar-refractivity contribution in [3.05, 3.63) is 64.1 Å². The van der Waals surface area contributed by atoms with Gasteiger partial charge in [-0.3, -0.25) is 0 Å². The first kappa shape index (κ1) is 16.0. The zero-order valence-electron chi connectivity index (χ0n) is 12.1. The first-order chi connectivity index (χ1) is 10.2. The van der Waals surface area contributed by atoms with E-state index in [0.717, 1.165) is 21.3 Å². The highest BCUT2D eigenvalue weighted by molar-refractivity contribution is 9.10. The number of rotatable bonds is 7. The topological polar surface area (TPSA) is 41.5 Å². The van der Waals surface area contributed by atoms with Gasteiger partial charge in [-0.1, -0.05) is 36.4 Å². The summed E-state index contributed by atoms with van der Waals surface area (Å²) in [6.07, 6.45) is -0.489. The number of nitrogens with one attached hydrogen (secondary N) is 1. The quantitative estimate of drug-likeness (QED) is 0.801. The van der Waals surface area contributed by atoms with E-state index in [9.17, 15) is 5.11 Å². The number of hydrogen-bond donors (Lipinski definition) is 2. The molecule has 2 aromatic rings. The van der Waals surface area contributed by atoms with Gasteiger partial charge in [-0.15, -0.1) is 0 Å². The van der Waals surface area contributed by atoms with Crippen LogP contribution in [-0.4, -0.2) is 18.3 Å². The Balaban J connectivity index is 1.85. The van der Waals surface area contributed by atoms with Crippen LogP contribution in [0.2, 0.25) is 0 Å². The highest BCUT2D eigenvalue weighted by Gasteiger charge is 2.07. The van der Waals surface area contributed by atoms with Gasteiger partial charge in [-0.2, -0.15) is 0 Å². The average Bonchev–Trinajstić information content (AvgIpc) is 2.51. The number of hydrogen-bond acceptors (Lipinski definition) is 3. The van der Waals surface area contributed by atoms with Crippen molar-refractivity contribution in [3.8, 4) is 5.75 Å². The lowest BCUT2D eigenvalue weighted by atomic mass is 10.1. The van der Waals surface area contributed by atoms with Crippen LogP contribution in [0.15, 0.2) is 53.0 Å². The zero-order chi connectivity index (χ0) is 15.1. The molecule has 2 rings (SSSR count). The lowest BCUT2D eigenvalue weighted by Gasteiger charge is -2.13. The standard InChI is InChI=1S/C17H20BrNO2/c1-2-21-17-9-8-13(10-15(17)18)11-19-12-16(20)14-6-4-3-5-7-14/h3-10,16,19-20H,2,11-12H2,1H3/t16-/m1/s1. The summed E-state index contributed by atoms with van der Waals surface area (Å²) in [7, 11) is 0. The van der Waals surface area contributed by atoms with Crippen molar-refractivity contribution in [3.63, 3.8) is 0 Å². The van der Waals surface area contributed by atoms with E-state index in [0.29, 0.717) is 19.7 Å². The summed E-state index contributed by atoms with van der Waals surface area (Å²) in [6.45, 7) is 3.84. The predicted octanol–water partition coefficient (Wildman–Crippen LogP) is 3.67. The van der Waals surface area contributed by atoms with Gasteiger partial charge in [0.15, 0.2) is 0 Å². The Kier molecular flexibility index (Phi) is 6.23. The highest BCUT2D eigenvalue weighted by Crippen LogP contribution is 2.26. The molecule has 3 nitrogen and oxygen atoms in total. The Hall–Kier alpha value is -1.36. The molecular formula is C17H20BrNO2. The summed E-state index contributed by atoms with van der Waals surface area (Å²) < 4.78 is 6.44. The van der Waals surface area contributed by atoms with E-state index in [1.807, 2.05) is 55.5 Å². The predicted molar refractivity (Wildman–Crippen MR) is 88.4 cm³/mol. The van der Waals surface area contributed by atoms with Crippen LogP contribution in [0.1, 0.15) is 24.2 Å². The van der Waals surface area contributed by atoms with E-state index in [-0.39, 0.29) is 0 Å². The molecule has 0 spiro atoms. The van der Waals surface area contributed by atoms with E-state index >= 15 is 0 Å². The Bertz CT molecular complexity index is 560. The number of aliphatic hydroxyl groups excluding tert-OH is 1. The maximum absolute atomic E-state index is 10.1. The van der Waals surface area contributed by atoms with Crippen molar-refractivity contribution in [1.82, 2.24) is 5.32 Å². The lowest BCUT2D eigenvalue weighted by molar-refractivity contribution is 0.174. The fourth-order valence-electron chi connectivity index (χ4n) is 2.07. The molecule has 0 amide bonds. The molecule has 0 aliphatic carbocycles. The molecular weight excluding hydrogens is 330 g/mol. The van der Waals surface area contributed by atoms with Gasteiger partial charge >= 0.3 is 0 Å².